The van der Waals surface area contributed by atoms with Gasteiger partial charge in [0.05, 0.1) is 5.69 Å². The van der Waals surface area contributed by atoms with Gasteiger partial charge in [0.25, 0.3) is 0 Å². The van der Waals surface area contributed by atoms with Crippen LogP contribution >= 0.6 is 15.9 Å². The molecule has 0 aliphatic heterocycles. The number of hydrogen-bond acceptors (Lipinski definition) is 5. The molecule has 2 aromatic heterocycles. The summed E-state index contributed by atoms with van der Waals surface area (Å²) < 4.78 is 1.08. The molecular weight excluding hydrogens is 402 g/mol. The largest absolute Gasteiger partial charge is 0.366 e. The second-order valence-electron chi connectivity index (χ2n) is 6.80. The topological polar surface area (TPSA) is 62.7 Å². The van der Waals surface area contributed by atoms with E-state index in [0.29, 0.717) is 18.5 Å². The van der Waals surface area contributed by atoms with E-state index in [2.05, 4.69) is 43.7 Å². The zero-order valence-electron chi connectivity index (χ0n) is 15.0. The maximum atomic E-state index is 4.74. The fourth-order valence-electron chi connectivity index (χ4n) is 3.32. The molecule has 4 rings (SSSR count). The Balaban J connectivity index is 1.57. The Bertz CT molecular complexity index is 877. The first-order valence-electron chi connectivity index (χ1n) is 9.30. The monoisotopic (exact) mass is 423 g/mol. The molecule has 1 aliphatic rings. The predicted octanol–water partition coefficient (Wildman–Crippen LogP) is 5.27. The van der Waals surface area contributed by atoms with Crippen LogP contribution < -0.4 is 10.6 Å². The summed E-state index contributed by atoms with van der Waals surface area (Å²) in [5.41, 5.74) is 3.13. The van der Waals surface area contributed by atoms with Crippen molar-refractivity contribution in [2.75, 3.05) is 10.6 Å². The van der Waals surface area contributed by atoms with Crippen LogP contribution in [0.4, 0.5) is 11.8 Å². The molecule has 5 nitrogen and oxygen atoms in total. The quantitative estimate of drug-likeness (QED) is 0.565. The molecule has 0 bridgehead atoms. The Hall–Kier alpha value is -2.47. The van der Waals surface area contributed by atoms with E-state index in [9.17, 15) is 0 Å². The number of hydrogen-bond donors (Lipinski definition) is 2. The molecule has 27 heavy (non-hydrogen) atoms. The molecule has 1 aliphatic carbocycles. The van der Waals surface area contributed by atoms with Crippen LogP contribution in [0.2, 0.25) is 0 Å². The summed E-state index contributed by atoms with van der Waals surface area (Å²) in [6.45, 7) is 0.711. The number of anilines is 2. The van der Waals surface area contributed by atoms with Crippen LogP contribution in [0.1, 0.15) is 31.2 Å². The standard InChI is InChI=1S/C21H22BrN5/c22-17-7-5-15(6-8-17)14-24-20-13-19(16-9-11-23-12-10-16)26-21(27-20)25-18-3-1-2-4-18/h5-13,18H,1-4,14H2,(H2,24,25,26,27). The molecule has 0 saturated heterocycles. The molecular formula is C21H22BrN5. The minimum absolute atomic E-state index is 0.469. The van der Waals surface area contributed by atoms with E-state index < -0.39 is 0 Å². The molecule has 0 atom stereocenters. The second kappa shape index (κ2) is 8.48. The van der Waals surface area contributed by atoms with Crippen LogP contribution in [0, 0.1) is 0 Å². The van der Waals surface area contributed by atoms with Gasteiger partial charge in [0.2, 0.25) is 5.95 Å². The van der Waals surface area contributed by atoms with Gasteiger partial charge in [0.1, 0.15) is 5.82 Å². The number of pyridine rings is 1. The Morgan fingerprint density at radius 3 is 2.44 bits per heavy atom. The Kier molecular flexibility index (Phi) is 5.63. The third-order valence-corrected chi connectivity index (χ3v) is 5.31. The smallest absolute Gasteiger partial charge is 0.225 e. The lowest BCUT2D eigenvalue weighted by Gasteiger charge is -2.15. The minimum Gasteiger partial charge on any atom is -0.366 e. The van der Waals surface area contributed by atoms with Crippen LogP contribution in [-0.2, 0) is 6.54 Å². The van der Waals surface area contributed by atoms with Gasteiger partial charge < -0.3 is 10.6 Å². The molecule has 3 aromatic rings. The van der Waals surface area contributed by atoms with Gasteiger partial charge in [0.15, 0.2) is 0 Å². The van der Waals surface area contributed by atoms with Gasteiger partial charge in [-0.3, -0.25) is 4.98 Å². The van der Waals surface area contributed by atoms with Crippen molar-refractivity contribution >= 4 is 27.7 Å². The molecule has 1 aromatic carbocycles. The molecule has 2 N–H and O–H groups in total. The van der Waals surface area contributed by atoms with Gasteiger partial charge in [0, 0.05) is 41.1 Å². The van der Waals surface area contributed by atoms with Crippen molar-refractivity contribution in [1.82, 2.24) is 15.0 Å². The fraction of sp³-hybridized carbons (Fsp3) is 0.286. The van der Waals surface area contributed by atoms with Crippen molar-refractivity contribution in [3.05, 3.63) is 64.9 Å². The van der Waals surface area contributed by atoms with E-state index in [1.807, 2.05) is 30.3 Å². The highest BCUT2D eigenvalue weighted by Crippen LogP contribution is 2.25. The molecule has 2 heterocycles. The average molecular weight is 424 g/mol. The highest BCUT2D eigenvalue weighted by Gasteiger charge is 2.16. The SMILES string of the molecule is Brc1ccc(CNc2cc(-c3ccncc3)nc(NC3CCCC3)n2)cc1. The lowest BCUT2D eigenvalue weighted by atomic mass is 10.2. The Morgan fingerprint density at radius 1 is 0.963 bits per heavy atom. The van der Waals surface area contributed by atoms with Gasteiger partial charge >= 0.3 is 0 Å². The number of halogens is 1. The van der Waals surface area contributed by atoms with Crippen LogP contribution in [0.3, 0.4) is 0 Å². The number of aromatic nitrogens is 3. The molecule has 6 heteroatoms. The first-order chi connectivity index (χ1) is 13.3. The van der Waals surface area contributed by atoms with Crippen molar-refractivity contribution in [1.29, 1.82) is 0 Å². The number of benzene rings is 1. The molecule has 1 fully saturated rings. The summed E-state index contributed by atoms with van der Waals surface area (Å²) in [5, 5.41) is 6.95. The molecule has 138 valence electrons. The second-order valence-corrected chi connectivity index (χ2v) is 7.72. The summed E-state index contributed by atoms with van der Waals surface area (Å²) in [7, 11) is 0. The maximum Gasteiger partial charge on any atom is 0.225 e. The average Bonchev–Trinajstić information content (AvgIpc) is 3.21. The Labute approximate surface area is 167 Å². The van der Waals surface area contributed by atoms with Crippen molar-refractivity contribution in [3.8, 4) is 11.3 Å². The zero-order valence-corrected chi connectivity index (χ0v) is 16.6. The third kappa shape index (κ3) is 4.83. The first kappa shape index (κ1) is 17.9. The molecule has 1 saturated carbocycles. The van der Waals surface area contributed by atoms with Crippen LogP contribution in [0.15, 0.2) is 59.3 Å². The highest BCUT2D eigenvalue weighted by molar-refractivity contribution is 9.10. The van der Waals surface area contributed by atoms with Crippen molar-refractivity contribution < 1.29 is 0 Å². The first-order valence-corrected chi connectivity index (χ1v) is 10.1. The van der Waals surface area contributed by atoms with E-state index >= 15 is 0 Å². The summed E-state index contributed by atoms with van der Waals surface area (Å²) in [6, 6.07) is 14.7. The van der Waals surface area contributed by atoms with E-state index in [4.69, 9.17) is 9.97 Å². The van der Waals surface area contributed by atoms with Crippen LogP contribution in [0.5, 0.6) is 0 Å². The van der Waals surface area contributed by atoms with Gasteiger partial charge in [-0.05, 0) is 42.7 Å². The normalized spacial score (nSPS) is 14.3. The minimum atomic E-state index is 0.469. The number of nitrogens with zero attached hydrogens (tertiary/aromatic N) is 3. The van der Waals surface area contributed by atoms with Gasteiger partial charge in [-0.1, -0.05) is 40.9 Å². The van der Waals surface area contributed by atoms with E-state index in [1.165, 1.54) is 31.2 Å². The lowest BCUT2D eigenvalue weighted by molar-refractivity contribution is 0.744. The van der Waals surface area contributed by atoms with E-state index in [-0.39, 0.29) is 0 Å². The van der Waals surface area contributed by atoms with Crippen LogP contribution in [0.25, 0.3) is 11.3 Å². The zero-order chi connectivity index (χ0) is 18.5. The van der Waals surface area contributed by atoms with E-state index in [0.717, 1.165) is 21.5 Å². The van der Waals surface area contributed by atoms with E-state index in [1.54, 1.807) is 12.4 Å². The van der Waals surface area contributed by atoms with Gasteiger partial charge in [-0.2, -0.15) is 4.98 Å². The van der Waals surface area contributed by atoms with Gasteiger partial charge in [-0.25, -0.2) is 4.98 Å². The lowest BCUT2D eigenvalue weighted by Crippen LogP contribution is -2.17. The van der Waals surface area contributed by atoms with Gasteiger partial charge in [-0.15, -0.1) is 0 Å². The number of nitrogens with one attached hydrogen (secondary N) is 2. The third-order valence-electron chi connectivity index (χ3n) is 4.78. The van der Waals surface area contributed by atoms with Crippen LogP contribution in [-0.4, -0.2) is 21.0 Å². The summed E-state index contributed by atoms with van der Waals surface area (Å²) in [5.74, 6) is 1.51. The molecule has 0 unspecified atom stereocenters. The molecule has 0 radical (unpaired) electrons. The predicted molar refractivity (Wildman–Crippen MR) is 113 cm³/mol. The van der Waals surface area contributed by atoms with Crippen molar-refractivity contribution in [2.45, 2.75) is 38.3 Å². The van der Waals surface area contributed by atoms with Crippen molar-refractivity contribution in [3.63, 3.8) is 0 Å². The summed E-state index contributed by atoms with van der Waals surface area (Å²) in [4.78, 5) is 13.5. The highest BCUT2D eigenvalue weighted by atomic mass is 79.9. The summed E-state index contributed by atoms with van der Waals surface area (Å²) in [6.07, 6.45) is 8.49. The summed E-state index contributed by atoms with van der Waals surface area (Å²) >= 11 is 3.47. The Morgan fingerprint density at radius 2 is 1.70 bits per heavy atom. The molecule has 0 amide bonds. The number of rotatable bonds is 6. The molecule has 0 spiro atoms. The maximum absolute atomic E-state index is 4.74. The van der Waals surface area contributed by atoms with Crippen molar-refractivity contribution in [2.24, 2.45) is 0 Å². The fourth-order valence-corrected chi connectivity index (χ4v) is 3.58.